The number of nitrogens with zero attached hydrogens (tertiary/aromatic N) is 3. The zero-order valence-corrected chi connectivity index (χ0v) is 14.6. The number of fused-ring (bicyclic) bond motifs is 3. The summed E-state index contributed by atoms with van der Waals surface area (Å²) in [5.74, 6) is 1.81. The molecule has 0 unspecified atom stereocenters. The van der Waals surface area contributed by atoms with E-state index in [1.165, 1.54) is 0 Å². The van der Waals surface area contributed by atoms with E-state index in [4.69, 9.17) is 9.47 Å². The molecule has 1 saturated carbocycles. The number of aliphatic hydroxyl groups is 1. The molecule has 6 heteroatoms. The largest absolute Gasteiger partial charge is 0.493 e. The Morgan fingerprint density at radius 3 is 2.44 bits per heavy atom. The van der Waals surface area contributed by atoms with Crippen LogP contribution in [0.2, 0.25) is 0 Å². The summed E-state index contributed by atoms with van der Waals surface area (Å²) in [4.78, 5) is 9.09. The summed E-state index contributed by atoms with van der Waals surface area (Å²) in [7, 11) is 3.27. The third kappa shape index (κ3) is 2.70. The minimum absolute atomic E-state index is 0.293. The maximum Gasteiger partial charge on any atom is 0.162 e. The predicted octanol–water partition coefficient (Wildman–Crippen LogP) is 3.33. The monoisotopic (exact) mass is 341 g/mol. The van der Waals surface area contributed by atoms with Gasteiger partial charge in [-0.2, -0.15) is 0 Å². The van der Waals surface area contributed by atoms with Crippen molar-refractivity contribution in [1.82, 2.24) is 14.5 Å². The van der Waals surface area contributed by atoms with Gasteiger partial charge in [0.2, 0.25) is 0 Å². The molecule has 2 aromatic heterocycles. The zero-order chi connectivity index (χ0) is 17.4. The fourth-order valence-electron chi connectivity index (χ4n) is 3.92. The molecule has 2 heterocycles. The number of benzene rings is 1. The van der Waals surface area contributed by atoms with Crippen molar-refractivity contribution in [3.05, 3.63) is 24.7 Å². The molecule has 1 aliphatic rings. The molecule has 0 radical (unpaired) electrons. The van der Waals surface area contributed by atoms with Crippen molar-refractivity contribution in [3.63, 3.8) is 0 Å². The summed E-state index contributed by atoms with van der Waals surface area (Å²) in [5, 5.41) is 10.4. The molecule has 4 rings (SSSR count). The third-order valence-electron chi connectivity index (χ3n) is 5.37. The molecule has 1 N–H and O–H groups in total. The predicted molar refractivity (Wildman–Crippen MR) is 96.2 cm³/mol. The molecule has 3 aromatic rings. The number of methoxy groups -OCH3 is 2. The summed E-state index contributed by atoms with van der Waals surface area (Å²) >= 11 is 0. The van der Waals surface area contributed by atoms with Gasteiger partial charge in [-0.3, -0.25) is 4.98 Å². The minimum Gasteiger partial charge on any atom is -0.493 e. The first-order chi connectivity index (χ1) is 12.2. The van der Waals surface area contributed by atoms with Crippen molar-refractivity contribution in [2.75, 3.05) is 20.8 Å². The highest BCUT2D eigenvalue weighted by molar-refractivity contribution is 6.03. The summed E-state index contributed by atoms with van der Waals surface area (Å²) in [6, 6.07) is 4.31. The fraction of sp³-hybridized carbons (Fsp3) is 0.474. The maximum atomic E-state index is 9.37. The molecule has 0 amide bonds. The molecule has 6 nitrogen and oxygen atoms in total. The quantitative estimate of drug-likeness (QED) is 0.788. The summed E-state index contributed by atoms with van der Waals surface area (Å²) < 4.78 is 13.1. The Morgan fingerprint density at radius 1 is 1.04 bits per heavy atom. The highest BCUT2D eigenvalue weighted by Crippen LogP contribution is 2.38. The Balaban J connectivity index is 1.84. The minimum atomic E-state index is 0.293. The highest BCUT2D eigenvalue weighted by Gasteiger charge is 2.24. The van der Waals surface area contributed by atoms with E-state index in [2.05, 4.69) is 14.5 Å². The summed E-state index contributed by atoms with van der Waals surface area (Å²) in [6.45, 7) is 0.293. The van der Waals surface area contributed by atoms with Crippen molar-refractivity contribution >= 4 is 21.9 Å². The second-order valence-corrected chi connectivity index (χ2v) is 6.73. The van der Waals surface area contributed by atoms with Crippen LogP contribution in [0.5, 0.6) is 11.5 Å². The molecule has 0 spiro atoms. The summed E-state index contributed by atoms with van der Waals surface area (Å²) in [6.07, 6.45) is 7.98. The van der Waals surface area contributed by atoms with Crippen LogP contribution in [0.3, 0.4) is 0 Å². The topological polar surface area (TPSA) is 69.4 Å². The van der Waals surface area contributed by atoms with Crippen molar-refractivity contribution in [3.8, 4) is 11.5 Å². The van der Waals surface area contributed by atoms with E-state index >= 15 is 0 Å². The van der Waals surface area contributed by atoms with Gasteiger partial charge in [0.25, 0.3) is 0 Å². The van der Waals surface area contributed by atoms with E-state index in [0.29, 0.717) is 30.1 Å². The normalized spacial score (nSPS) is 20.9. The third-order valence-corrected chi connectivity index (χ3v) is 5.37. The van der Waals surface area contributed by atoms with Gasteiger partial charge in [-0.05, 0) is 37.7 Å². The van der Waals surface area contributed by atoms with E-state index in [1.807, 2.05) is 24.7 Å². The van der Waals surface area contributed by atoms with Gasteiger partial charge >= 0.3 is 0 Å². The fourth-order valence-corrected chi connectivity index (χ4v) is 3.92. The van der Waals surface area contributed by atoms with Gasteiger partial charge in [-0.25, -0.2) is 4.98 Å². The number of hydrogen-bond acceptors (Lipinski definition) is 5. The first kappa shape index (κ1) is 16.1. The molecule has 1 aliphatic carbocycles. The standard InChI is InChI=1S/C19H23N3O3/c1-24-17-7-14-15(8-18(17)25-2)20-9-16-19(14)22(11-21-16)13-5-3-12(10-23)4-6-13/h7-9,11-13,23H,3-6,10H2,1-2H3. The molecule has 0 aliphatic heterocycles. The van der Waals surface area contributed by atoms with Crippen molar-refractivity contribution in [2.24, 2.45) is 5.92 Å². The van der Waals surface area contributed by atoms with Crippen LogP contribution in [0.4, 0.5) is 0 Å². The molecule has 0 bridgehead atoms. The lowest BCUT2D eigenvalue weighted by atomic mass is 9.86. The molecule has 1 fully saturated rings. The first-order valence-corrected chi connectivity index (χ1v) is 8.73. The van der Waals surface area contributed by atoms with Crippen LogP contribution in [0, 0.1) is 5.92 Å². The van der Waals surface area contributed by atoms with Gasteiger partial charge in [-0.15, -0.1) is 0 Å². The number of pyridine rings is 1. The highest BCUT2D eigenvalue weighted by atomic mass is 16.5. The summed E-state index contributed by atoms with van der Waals surface area (Å²) in [5.41, 5.74) is 2.86. The Morgan fingerprint density at radius 2 is 1.76 bits per heavy atom. The molecule has 0 saturated heterocycles. The average molecular weight is 341 g/mol. The van der Waals surface area contributed by atoms with Crippen LogP contribution < -0.4 is 9.47 Å². The van der Waals surface area contributed by atoms with Gasteiger partial charge in [0.1, 0.15) is 5.52 Å². The van der Waals surface area contributed by atoms with Gasteiger partial charge in [0.05, 0.1) is 37.8 Å². The van der Waals surface area contributed by atoms with Crippen LogP contribution in [-0.2, 0) is 0 Å². The maximum absolute atomic E-state index is 9.37. The molecule has 132 valence electrons. The van der Waals surface area contributed by atoms with Crippen molar-refractivity contribution < 1.29 is 14.6 Å². The van der Waals surface area contributed by atoms with Gasteiger partial charge in [0, 0.05) is 24.1 Å². The molecule has 25 heavy (non-hydrogen) atoms. The lowest BCUT2D eigenvalue weighted by Crippen LogP contribution is -2.19. The van der Waals surface area contributed by atoms with E-state index in [0.717, 1.165) is 47.6 Å². The number of aliphatic hydroxyl groups excluding tert-OH is 1. The Bertz CT molecular complexity index is 898. The molecule has 0 atom stereocenters. The second kappa shape index (κ2) is 6.52. The lowest BCUT2D eigenvalue weighted by molar-refractivity contribution is 0.170. The lowest BCUT2D eigenvalue weighted by Gasteiger charge is -2.28. The molecular formula is C19H23N3O3. The van der Waals surface area contributed by atoms with E-state index < -0.39 is 0 Å². The van der Waals surface area contributed by atoms with Gasteiger partial charge in [-0.1, -0.05) is 0 Å². The van der Waals surface area contributed by atoms with Crippen LogP contribution in [0.1, 0.15) is 31.7 Å². The average Bonchev–Trinajstić information content (AvgIpc) is 3.11. The molecule has 1 aromatic carbocycles. The number of imidazole rings is 1. The van der Waals surface area contributed by atoms with Crippen LogP contribution in [-0.4, -0.2) is 40.5 Å². The zero-order valence-electron chi connectivity index (χ0n) is 14.6. The number of hydrogen-bond donors (Lipinski definition) is 1. The Hall–Kier alpha value is -2.34. The van der Waals surface area contributed by atoms with E-state index in [9.17, 15) is 5.11 Å². The second-order valence-electron chi connectivity index (χ2n) is 6.73. The number of ether oxygens (including phenoxy) is 2. The van der Waals surface area contributed by atoms with Gasteiger partial charge < -0.3 is 19.1 Å². The number of rotatable bonds is 4. The first-order valence-electron chi connectivity index (χ1n) is 8.73. The smallest absolute Gasteiger partial charge is 0.162 e. The Kier molecular flexibility index (Phi) is 4.21. The van der Waals surface area contributed by atoms with Gasteiger partial charge in [0.15, 0.2) is 11.5 Å². The van der Waals surface area contributed by atoms with Crippen LogP contribution in [0.25, 0.3) is 21.9 Å². The SMILES string of the molecule is COc1cc2ncc3ncn(C4CCC(CO)CC4)c3c2cc1OC. The van der Waals surface area contributed by atoms with Crippen LogP contribution in [0.15, 0.2) is 24.7 Å². The Labute approximate surface area is 146 Å². The van der Waals surface area contributed by atoms with Crippen LogP contribution >= 0.6 is 0 Å². The van der Waals surface area contributed by atoms with E-state index in [-0.39, 0.29) is 0 Å². The number of aromatic nitrogens is 3. The van der Waals surface area contributed by atoms with E-state index in [1.54, 1.807) is 14.2 Å². The molecular weight excluding hydrogens is 318 g/mol. The van der Waals surface area contributed by atoms with Crippen molar-refractivity contribution in [2.45, 2.75) is 31.7 Å². The van der Waals surface area contributed by atoms with Crippen molar-refractivity contribution in [1.29, 1.82) is 0 Å².